The molecule has 4 nitrogen and oxygen atoms in total. The Hall–Kier alpha value is -1.26. The van der Waals surface area contributed by atoms with E-state index in [-0.39, 0.29) is 24.4 Å². The second-order valence-electron chi connectivity index (χ2n) is 5.24. The van der Waals surface area contributed by atoms with Crippen molar-refractivity contribution in [1.29, 1.82) is 0 Å². The van der Waals surface area contributed by atoms with Crippen LogP contribution in [0.25, 0.3) is 0 Å². The van der Waals surface area contributed by atoms with Gasteiger partial charge in [-0.3, -0.25) is 4.79 Å². The molecule has 0 aromatic heterocycles. The van der Waals surface area contributed by atoms with Gasteiger partial charge >= 0.3 is 0 Å². The molecule has 0 spiro atoms. The van der Waals surface area contributed by atoms with Crippen LogP contribution in [0.1, 0.15) is 31.7 Å². The summed E-state index contributed by atoms with van der Waals surface area (Å²) in [5, 5.41) is 3.30. The quantitative estimate of drug-likeness (QED) is 0.908. The molecule has 1 aromatic rings. The molecule has 1 N–H and O–H groups in total. The Morgan fingerprint density at radius 3 is 2.81 bits per heavy atom. The molecule has 1 aromatic carbocycles. The third kappa shape index (κ3) is 4.90. The Balaban J connectivity index is 0.00000220. The molecule has 1 fully saturated rings. The standard InChI is InChI=1S/C16H24N2O2.ClH/c1-3-20-15-10-5-4-8-13(15)12-18(2)16(19)14-9-6-7-11-17-14;/h4-5,8,10,14,17H,3,6-7,9,11-12H2,1-2H3;1H. The molecule has 5 heteroatoms. The van der Waals surface area contributed by atoms with Gasteiger partial charge in [-0.05, 0) is 32.4 Å². The highest BCUT2D eigenvalue weighted by molar-refractivity contribution is 5.85. The topological polar surface area (TPSA) is 41.6 Å². The summed E-state index contributed by atoms with van der Waals surface area (Å²) in [7, 11) is 1.86. The average molecular weight is 313 g/mol. The number of likely N-dealkylation sites (N-methyl/N-ethyl adjacent to an activating group) is 1. The van der Waals surface area contributed by atoms with Crippen molar-refractivity contribution in [3.05, 3.63) is 29.8 Å². The zero-order valence-corrected chi connectivity index (χ0v) is 13.6. The van der Waals surface area contributed by atoms with Crippen molar-refractivity contribution in [3.63, 3.8) is 0 Å². The first-order valence-electron chi connectivity index (χ1n) is 7.41. The minimum atomic E-state index is -0.0204. The molecule has 21 heavy (non-hydrogen) atoms. The van der Waals surface area contributed by atoms with Crippen LogP contribution in [0.5, 0.6) is 5.75 Å². The predicted molar refractivity (Wildman–Crippen MR) is 87.0 cm³/mol. The largest absolute Gasteiger partial charge is 0.494 e. The van der Waals surface area contributed by atoms with Crippen molar-refractivity contribution in [3.8, 4) is 5.75 Å². The predicted octanol–water partition coefficient (Wildman–Crippen LogP) is 2.61. The Bertz CT molecular complexity index is 448. The van der Waals surface area contributed by atoms with E-state index in [2.05, 4.69) is 5.32 Å². The molecule has 1 amide bonds. The first-order chi connectivity index (χ1) is 9.72. The summed E-state index contributed by atoms with van der Waals surface area (Å²) >= 11 is 0. The fourth-order valence-corrected chi connectivity index (χ4v) is 2.59. The molecule has 2 rings (SSSR count). The maximum absolute atomic E-state index is 12.4. The van der Waals surface area contributed by atoms with Crippen LogP contribution in [0, 0.1) is 0 Å². The number of nitrogens with zero attached hydrogens (tertiary/aromatic N) is 1. The fraction of sp³-hybridized carbons (Fsp3) is 0.562. The van der Waals surface area contributed by atoms with Crippen molar-refractivity contribution in [2.75, 3.05) is 20.2 Å². The zero-order chi connectivity index (χ0) is 14.4. The highest BCUT2D eigenvalue weighted by Gasteiger charge is 2.23. The number of rotatable bonds is 5. The van der Waals surface area contributed by atoms with Gasteiger partial charge in [0.2, 0.25) is 5.91 Å². The number of piperidine rings is 1. The second-order valence-corrected chi connectivity index (χ2v) is 5.24. The Kier molecular flexibility index (Phi) is 7.54. The van der Waals surface area contributed by atoms with Crippen LogP contribution >= 0.6 is 12.4 Å². The van der Waals surface area contributed by atoms with E-state index in [9.17, 15) is 4.79 Å². The minimum absolute atomic E-state index is 0. The van der Waals surface area contributed by atoms with Gasteiger partial charge in [0.25, 0.3) is 0 Å². The van der Waals surface area contributed by atoms with Gasteiger partial charge in [-0.25, -0.2) is 0 Å². The molecular formula is C16H25ClN2O2. The summed E-state index contributed by atoms with van der Waals surface area (Å²) in [4.78, 5) is 14.2. The van der Waals surface area contributed by atoms with Gasteiger partial charge in [-0.1, -0.05) is 24.6 Å². The van der Waals surface area contributed by atoms with E-state index in [4.69, 9.17) is 4.74 Å². The molecule has 0 saturated carbocycles. The van der Waals surface area contributed by atoms with Gasteiger partial charge in [-0.2, -0.15) is 0 Å². The molecule has 1 aliphatic rings. The molecule has 1 unspecified atom stereocenters. The first-order valence-corrected chi connectivity index (χ1v) is 7.41. The average Bonchev–Trinajstić information content (AvgIpc) is 2.49. The number of para-hydroxylation sites is 1. The summed E-state index contributed by atoms with van der Waals surface area (Å²) < 4.78 is 5.61. The number of amides is 1. The highest BCUT2D eigenvalue weighted by Crippen LogP contribution is 2.20. The normalized spacial score (nSPS) is 17.7. The van der Waals surface area contributed by atoms with Gasteiger partial charge in [0.1, 0.15) is 5.75 Å². The molecule has 1 aliphatic heterocycles. The van der Waals surface area contributed by atoms with Crippen LogP contribution in [0.2, 0.25) is 0 Å². The summed E-state index contributed by atoms with van der Waals surface area (Å²) in [6.07, 6.45) is 3.24. The molecular weight excluding hydrogens is 288 g/mol. The Labute approximate surface area is 133 Å². The number of carbonyl (C=O) groups is 1. The van der Waals surface area contributed by atoms with Gasteiger partial charge in [0, 0.05) is 19.2 Å². The lowest BCUT2D eigenvalue weighted by atomic mass is 10.0. The minimum Gasteiger partial charge on any atom is -0.494 e. The number of hydrogen-bond acceptors (Lipinski definition) is 3. The molecule has 1 atom stereocenters. The molecule has 0 aliphatic carbocycles. The number of halogens is 1. The lowest BCUT2D eigenvalue weighted by Crippen LogP contribution is -2.47. The van der Waals surface area contributed by atoms with Crippen molar-refractivity contribution in [2.24, 2.45) is 0 Å². The smallest absolute Gasteiger partial charge is 0.239 e. The van der Waals surface area contributed by atoms with Crippen molar-refractivity contribution >= 4 is 18.3 Å². The van der Waals surface area contributed by atoms with E-state index in [1.165, 1.54) is 6.42 Å². The number of ether oxygens (including phenoxy) is 1. The SMILES string of the molecule is CCOc1ccccc1CN(C)C(=O)C1CCCCN1.Cl. The van der Waals surface area contributed by atoms with E-state index < -0.39 is 0 Å². The molecule has 1 saturated heterocycles. The van der Waals surface area contributed by atoms with Crippen LogP contribution in [-0.4, -0.2) is 37.0 Å². The lowest BCUT2D eigenvalue weighted by Gasteiger charge is -2.28. The number of carbonyl (C=O) groups excluding carboxylic acids is 1. The Morgan fingerprint density at radius 1 is 1.38 bits per heavy atom. The summed E-state index contributed by atoms with van der Waals surface area (Å²) in [6.45, 7) is 4.14. The molecule has 0 radical (unpaired) electrons. The van der Waals surface area contributed by atoms with Crippen LogP contribution in [0.3, 0.4) is 0 Å². The zero-order valence-electron chi connectivity index (χ0n) is 12.8. The molecule has 118 valence electrons. The fourth-order valence-electron chi connectivity index (χ4n) is 2.59. The molecule has 0 bridgehead atoms. The summed E-state index contributed by atoms with van der Waals surface area (Å²) in [6, 6.07) is 7.89. The number of nitrogens with one attached hydrogen (secondary N) is 1. The monoisotopic (exact) mass is 312 g/mol. The van der Waals surface area contributed by atoms with E-state index in [1.54, 1.807) is 4.90 Å². The summed E-state index contributed by atoms with van der Waals surface area (Å²) in [5.74, 6) is 1.04. The van der Waals surface area contributed by atoms with Gasteiger partial charge in [0.05, 0.1) is 12.6 Å². The Morgan fingerprint density at radius 2 is 2.14 bits per heavy atom. The van der Waals surface area contributed by atoms with Crippen LogP contribution in [-0.2, 0) is 11.3 Å². The van der Waals surface area contributed by atoms with Crippen LogP contribution in [0.15, 0.2) is 24.3 Å². The van der Waals surface area contributed by atoms with Crippen molar-refractivity contribution < 1.29 is 9.53 Å². The summed E-state index contributed by atoms with van der Waals surface area (Å²) in [5.41, 5.74) is 1.06. The van der Waals surface area contributed by atoms with E-state index >= 15 is 0 Å². The van der Waals surface area contributed by atoms with Gasteiger partial charge < -0.3 is 15.0 Å². The van der Waals surface area contributed by atoms with E-state index in [0.717, 1.165) is 30.7 Å². The lowest BCUT2D eigenvalue weighted by molar-refractivity contribution is -0.133. The van der Waals surface area contributed by atoms with Crippen molar-refractivity contribution in [2.45, 2.75) is 38.8 Å². The van der Waals surface area contributed by atoms with E-state index in [1.807, 2.05) is 38.2 Å². The van der Waals surface area contributed by atoms with Crippen LogP contribution in [0.4, 0.5) is 0 Å². The second kappa shape index (κ2) is 8.90. The maximum atomic E-state index is 12.4. The number of benzene rings is 1. The first kappa shape index (κ1) is 17.8. The molecule has 1 heterocycles. The van der Waals surface area contributed by atoms with Crippen molar-refractivity contribution in [1.82, 2.24) is 10.2 Å². The maximum Gasteiger partial charge on any atom is 0.239 e. The number of hydrogen-bond donors (Lipinski definition) is 1. The third-order valence-corrected chi connectivity index (χ3v) is 3.66. The third-order valence-electron chi connectivity index (χ3n) is 3.66. The highest BCUT2D eigenvalue weighted by atomic mass is 35.5. The van der Waals surface area contributed by atoms with Gasteiger partial charge in [0.15, 0.2) is 0 Å². The van der Waals surface area contributed by atoms with Crippen LogP contribution < -0.4 is 10.1 Å². The van der Waals surface area contributed by atoms with Gasteiger partial charge in [-0.15, -0.1) is 12.4 Å². The van der Waals surface area contributed by atoms with E-state index in [0.29, 0.717) is 13.2 Å².